The van der Waals surface area contributed by atoms with Gasteiger partial charge < -0.3 is 29.0 Å². The van der Waals surface area contributed by atoms with Gasteiger partial charge in [-0.2, -0.15) is 0 Å². The zero-order valence-corrected chi connectivity index (χ0v) is 16.6. The zero-order chi connectivity index (χ0) is 19.0. The molecular formula is C18H37NO6. The molecule has 0 saturated carbocycles. The highest BCUT2D eigenvalue weighted by molar-refractivity contribution is 5.67. The van der Waals surface area contributed by atoms with Crippen molar-refractivity contribution in [3.05, 3.63) is 0 Å². The van der Waals surface area contributed by atoms with E-state index in [-0.39, 0.29) is 6.10 Å². The second-order valence-corrected chi connectivity index (χ2v) is 7.14. The molecule has 0 saturated heterocycles. The molecule has 0 aromatic carbocycles. The van der Waals surface area contributed by atoms with Crippen LogP contribution in [0, 0.1) is 5.41 Å². The standard InChI is InChI=1S/C18H37NO6/c1-16(2)25-17(20)19-7-9-22-11-13-24-15-14-23-12-10-21-8-6-18(3,4)5/h16H,6-15H2,1-5H3,(H,19,20). The van der Waals surface area contributed by atoms with Gasteiger partial charge in [0.1, 0.15) is 0 Å². The number of carbonyl (C=O) groups is 1. The first kappa shape index (κ1) is 24.1. The van der Waals surface area contributed by atoms with Crippen LogP contribution in [0.1, 0.15) is 41.0 Å². The predicted octanol–water partition coefficient (Wildman–Crippen LogP) is 2.62. The monoisotopic (exact) mass is 363 g/mol. The predicted molar refractivity (Wildman–Crippen MR) is 97.0 cm³/mol. The van der Waals surface area contributed by atoms with E-state index in [1.807, 2.05) is 0 Å². The van der Waals surface area contributed by atoms with Gasteiger partial charge >= 0.3 is 6.09 Å². The van der Waals surface area contributed by atoms with E-state index in [0.717, 1.165) is 13.0 Å². The van der Waals surface area contributed by atoms with Gasteiger partial charge in [0.2, 0.25) is 0 Å². The molecule has 0 aliphatic heterocycles. The molecule has 0 aliphatic rings. The van der Waals surface area contributed by atoms with Crippen LogP contribution in [-0.2, 0) is 23.7 Å². The Kier molecular flexibility index (Phi) is 14.8. The van der Waals surface area contributed by atoms with E-state index >= 15 is 0 Å². The van der Waals surface area contributed by atoms with Gasteiger partial charge in [0.25, 0.3) is 0 Å². The van der Waals surface area contributed by atoms with Crippen molar-refractivity contribution in [2.24, 2.45) is 5.41 Å². The lowest BCUT2D eigenvalue weighted by Gasteiger charge is -2.17. The normalized spacial score (nSPS) is 11.8. The second kappa shape index (κ2) is 15.4. The molecular weight excluding hydrogens is 326 g/mol. The Balaban J connectivity index is 3.13. The summed E-state index contributed by atoms with van der Waals surface area (Å²) in [7, 11) is 0. The molecule has 0 fully saturated rings. The molecule has 1 N–H and O–H groups in total. The van der Waals surface area contributed by atoms with E-state index in [2.05, 4.69) is 26.1 Å². The van der Waals surface area contributed by atoms with Crippen molar-refractivity contribution >= 4 is 6.09 Å². The number of carbonyl (C=O) groups excluding carboxylic acids is 1. The minimum atomic E-state index is -0.422. The summed E-state index contributed by atoms with van der Waals surface area (Å²) < 4.78 is 26.6. The highest BCUT2D eigenvalue weighted by Gasteiger charge is 2.08. The molecule has 0 unspecified atom stereocenters. The molecule has 150 valence electrons. The van der Waals surface area contributed by atoms with Crippen LogP contribution in [0.25, 0.3) is 0 Å². The van der Waals surface area contributed by atoms with Gasteiger partial charge in [-0.15, -0.1) is 0 Å². The van der Waals surface area contributed by atoms with Crippen molar-refractivity contribution in [3.63, 3.8) is 0 Å². The molecule has 0 spiro atoms. The molecule has 7 heteroatoms. The fraction of sp³-hybridized carbons (Fsp3) is 0.944. The Bertz CT molecular complexity index is 317. The van der Waals surface area contributed by atoms with Crippen LogP contribution in [-0.4, -0.2) is 71.6 Å². The lowest BCUT2D eigenvalue weighted by Crippen LogP contribution is -2.30. The van der Waals surface area contributed by atoms with Gasteiger partial charge in [-0.1, -0.05) is 20.8 Å². The first-order valence-corrected chi connectivity index (χ1v) is 9.07. The molecule has 0 aliphatic carbocycles. The molecule has 7 nitrogen and oxygen atoms in total. The minimum absolute atomic E-state index is 0.119. The second-order valence-electron chi connectivity index (χ2n) is 7.14. The van der Waals surface area contributed by atoms with E-state index in [1.54, 1.807) is 13.8 Å². The number of amides is 1. The summed E-state index contributed by atoms with van der Waals surface area (Å²) >= 11 is 0. The summed E-state index contributed by atoms with van der Waals surface area (Å²) in [6, 6.07) is 0. The Labute approximate surface area is 152 Å². The number of rotatable bonds is 15. The maximum absolute atomic E-state index is 11.2. The van der Waals surface area contributed by atoms with Crippen LogP contribution in [0.2, 0.25) is 0 Å². The number of nitrogens with one attached hydrogen (secondary N) is 1. The fourth-order valence-corrected chi connectivity index (χ4v) is 1.62. The molecule has 25 heavy (non-hydrogen) atoms. The van der Waals surface area contributed by atoms with Crippen LogP contribution in [0.5, 0.6) is 0 Å². The molecule has 0 rings (SSSR count). The third-order valence-corrected chi connectivity index (χ3v) is 2.97. The van der Waals surface area contributed by atoms with Crippen molar-refractivity contribution in [2.45, 2.75) is 47.1 Å². The molecule has 1 amide bonds. The van der Waals surface area contributed by atoms with Gasteiger partial charge in [-0.25, -0.2) is 4.79 Å². The van der Waals surface area contributed by atoms with E-state index < -0.39 is 6.09 Å². The smallest absolute Gasteiger partial charge is 0.407 e. The average Bonchev–Trinajstić information content (AvgIpc) is 2.49. The molecule has 0 radical (unpaired) electrons. The summed E-state index contributed by atoms with van der Waals surface area (Å²) in [6.07, 6.45) is 0.505. The van der Waals surface area contributed by atoms with Gasteiger partial charge in [0.05, 0.1) is 52.4 Å². The van der Waals surface area contributed by atoms with Crippen molar-refractivity contribution in [3.8, 4) is 0 Å². The summed E-state index contributed by atoms with van der Waals surface area (Å²) in [6.45, 7) is 15.1. The Morgan fingerprint density at radius 1 is 0.800 bits per heavy atom. The number of alkyl carbamates (subject to hydrolysis) is 1. The third-order valence-electron chi connectivity index (χ3n) is 2.97. The minimum Gasteiger partial charge on any atom is -0.447 e. The topological polar surface area (TPSA) is 75.3 Å². The van der Waals surface area contributed by atoms with E-state index in [0.29, 0.717) is 58.2 Å². The molecule has 0 aromatic rings. The van der Waals surface area contributed by atoms with Crippen LogP contribution < -0.4 is 5.32 Å². The molecule has 0 atom stereocenters. The highest BCUT2D eigenvalue weighted by Crippen LogP contribution is 2.17. The molecule has 0 heterocycles. The first-order chi connectivity index (χ1) is 11.8. The fourth-order valence-electron chi connectivity index (χ4n) is 1.62. The van der Waals surface area contributed by atoms with Crippen molar-refractivity contribution in [1.29, 1.82) is 0 Å². The molecule has 0 bridgehead atoms. The lowest BCUT2D eigenvalue weighted by molar-refractivity contribution is -0.00377. The zero-order valence-electron chi connectivity index (χ0n) is 16.6. The van der Waals surface area contributed by atoms with E-state index in [9.17, 15) is 4.79 Å². The van der Waals surface area contributed by atoms with E-state index in [1.165, 1.54) is 0 Å². The lowest BCUT2D eigenvalue weighted by atomic mass is 9.93. The maximum Gasteiger partial charge on any atom is 0.407 e. The van der Waals surface area contributed by atoms with Gasteiger partial charge in [-0.3, -0.25) is 0 Å². The number of hydrogen-bond acceptors (Lipinski definition) is 6. The number of hydrogen-bond donors (Lipinski definition) is 1. The van der Waals surface area contributed by atoms with Crippen LogP contribution in [0.4, 0.5) is 4.79 Å². The van der Waals surface area contributed by atoms with Gasteiger partial charge in [-0.05, 0) is 25.7 Å². The van der Waals surface area contributed by atoms with Crippen molar-refractivity contribution < 1.29 is 28.5 Å². The van der Waals surface area contributed by atoms with Crippen molar-refractivity contribution in [2.75, 3.05) is 59.4 Å². The van der Waals surface area contributed by atoms with Crippen LogP contribution >= 0.6 is 0 Å². The summed E-state index contributed by atoms with van der Waals surface area (Å²) in [5.41, 5.74) is 0.310. The van der Waals surface area contributed by atoms with E-state index in [4.69, 9.17) is 23.7 Å². The molecule has 0 aromatic heterocycles. The largest absolute Gasteiger partial charge is 0.447 e. The Hall–Kier alpha value is -0.890. The van der Waals surface area contributed by atoms with Gasteiger partial charge in [0.15, 0.2) is 0 Å². The summed E-state index contributed by atoms with van der Waals surface area (Å²) in [5.74, 6) is 0. The maximum atomic E-state index is 11.2. The van der Waals surface area contributed by atoms with Crippen molar-refractivity contribution in [1.82, 2.24) is 5.32 Å². The SMILES string of the molecule is CC(C)OC(=O)NCCOCCOCCOCCOCCC(C)(C)C. The third kappa shape index (κ3) is 21.1. The number of ether oxygens (including phenoxy) is 5. The highest BCUT2D eigenvalue weighted by atomic mass is 16.6. The average molecular weight is 363 g/mol. The first-order valence-electron chi connectivity index (χ1n) is 9.07. The van der Waals surface area contributed by atoms with Crippen LogP contribution in [0.3, 0.4) is 0 Å². The Morgan fingerprint density at radius 3 is 1.68 bits per heavy atom. The Morgan fingerprint density at radius 2 is 1.24 bits per heavy atom. The van der Waals surface area contributed by atoms with Crippen LogP contribution in [0.15, 0.2) is 0 Å². The quantitative estimate of drug-likeness (QED) is 0.451. The summed E-state index contributed by atoms with van der Waals surface area (Å²) in [4.78, 5) is 11.2. The summed E-state index contributed by atoms with van der Waals surface area (Å²) in [5, 5.41) is 2.60. The van der Waals surface area contributed by atoms with Gasteiger partial charge in [0, 0.05) is 13.2 Å².